The lowest BCUT2D eigenvalue weighted by Gasteiger charge is -2.31. The van der Waals surface area contributed by atoms with Crippen LogP contribution in [0.25, 0.3) is 4.13 Å². The molecular formula is C10H8F10N2O4S2. The van der Waals surface area contributed by atoms with Crippen molar-refractivity contribution in [2.24, 2.45) is 7.05 Å². The van der Waals surface area contributed by atoms with Gasteiger partial charge >= 0.3 is 22.9 Å². The molecule has 0 unspecified atom stereocenters. The molecule has 0 atom stereocenters. The molecule has 0 bridgehead atoms. The molecule has 1 rings (SSSR count). The first kappa shape index (κ1) is 26.3. The molecule has 0 aliphatic carbocycles. The molecule has 1 aromatic rings. The fourth-order valence-corrected chi connectivity index (χ4v) is 3.37. The number of hydrogen-bond acceptors (Lipinski definition) is 4. The average molecular weight is 474 g/mol. The van der Waals surface area contributed by atoms with Crippen molar-refractivity contribution in [3.63, 3.8) is 0 Å². The molecule has 1 heterocycles. The summed E-state index contributed by atoms with van der Waals surface area (Å²) in [5.41, 5.74) is 0. The van der Waals surface area contributed by atoms with Crippen LogP contribution in [0.4, 0.5) is 43.9 Å². The summed E-state index contributed by atoms with van der Waals surface area (Å²) in [6.07, 6.45) is -10.0. The monoisotopic (exact) mass is 474 g/mol. The van der Waals surface area contributed by atoms with Gasteiger partial charge < -0.3 is 4.13 Å². The van der Waals surface area contributed by atoms with E-state index in [1.54, 1.807) is 0 Å². The molecular weight excluding hydrogens is 466 g/mol. The van der Waals surface area contributed by atoms with E-state index in [0.717, 1.165) is 0 Å². The van der Waals surface area contributed by atoms with Crippen molar-refractivity contribution in [2.75, 3.05) is 0 Å². The Kier molecular flexibility index (Phi) is 7.49. The summed E-state index contributed by atoms with van der Waals surface area (Å²) in [6, 6.07) is 6.00. The highest BCUT2D eigenvalue weighted by Gasteiger charge is 2.68. The fraction of sp³-hybridized carbons (Fsp3) is 0.500. The van der Waals surface area contributed by atoms with Crippen LogP contribution in [0.2, 0.25) is 0 Å². The van der Waals surface area contributed by atoms with Gasteiger partial charge in [-0.15, -0.1) is 0 Å². The molecule has 0 aliphatic heterocycles. The van der Waals surface area contributed by atoms with Crippen molar-refractivity contribution < 1.29 is 65.3 Å². The number of sulfonamides is 2. The van der Waals surface area contributed by atoms with Gasteiger partial charge in [-0.3, -0.25) is 0 Å². The predicted molar refractivity (Wildman–Crippen MR) is 70.8 cm³/mol. The second-order valence-corrected chi connectivity index (χ2v) is 8.12. The minimum Gasteiger partial charge on any atom is -0.425 e. The van der Waals surface area contributed by atoms with Gasteiger partial charge in [-0.25, -0.2) is 21.4 Å². The zero-order valence-corrected chi connectivity index (χ0v) is 14.6. The lowest BCUT2D eigenvalue weighted by atomic mass is 10.5. The molecule has 0 aromatic carbocycles. The number of aromatic nitrogens is 1. The van der Waals surface area contributed by atoms with Crippen LogP contribution >= 0.6 is 0 Å². The lowest BCUT2D eigenvalue weighted by Crippen LogP contribution is -2.48. The summed E-state index contributed by atoms with van der Waals surface area (Å²) < 4.78 is 163. The number of pyridine rings is 1. The maximum absolute atomic E-state index is 12.3. The topological polar surface area (TPSA) is 86.3 Å². The summed E-state index contributed by atoms with van der Waals surface area (Å²) in [4.78, 5) is 0. The van der Waals surface area contributed by atoms with Crippen LogP contribution in [0.1, 0.15) is 0 Å². The Bertz CT molecular complexity index is 810. The zero-order chi connectivity index (χ0) is 22.8. The quantitative estimate of drug-likeness (QED) is 0.496. The maximum atomic E-state index is 12.3. The summed E-state index contributed by atoms with van der Waals surface area (Å²) >= 11 is 0. The molecule has 0 amide bonds. The Hall–Kier alpha value is -1.69. The fourth-order valence-electron chi connectivity index (χ4n) is 1.00. The van der Waals surface area contributed by atoms with Gasteiger partial charge in [-0.05, 0) is 0 Å². The number of aryl methyl sites for hydroxylation is 1. The molecule has 0 saturated carbocycles. The third-order valence-electron chi connectivity index (χ3n) is 2.37. The van der Waals surface area contributed by atoms with E-state index >= 15 is 0 Å². The van der Waals surface area contributed by atoms with Crippen molar-refractivity contribution in [3.05, 3.63) is 34.7 Å². The summed E-state index contributed by atoms with van der Waals surface area (Å²) in [5.74, 6) is 0. The summed E-state index contributed by atoms with van der Waals surface area (Å²) in [7, 11) is -13.2. The van der Waals surface area contributed by atoms with Gasteiger partial charge in [0.1, 0.15) is 7.05 Å². The molecule has 0 N–H and O–H groups in total. The molecule has 0 aliphatic rings. The van der Waals surface area contributed by atoms with E-state index in [-0.39, 0.29) is 0 Å². The molecule has 0 radical (unpaired) electrons. The van der Waals surface area contributed by atoms with Crippen LogP contribution < -0.4 is 4.57 Å². The van der Waals surface area contributed by atoms with E-state index in [1.165, 1.54) is 0 Å². The summed E-state index contributed by atoms with van der Waals surface area (Å²) in [5, 5.41) is -14.0. The predicted octanol–water partition coefficient (Wildman–Crippen LogP) is 2.84. The first-order chi connectivity index (χ1) is 12.1. The van der Waals surface area contributed by atoms with E-state index in [1.807, 2.05) is 42.2 Å². The first-order valence-corrected chi connectivity index (χ1v) is 9.01. The Morgan fingerprint density at radius 2 is 0.929 bits per heavy atom. The molecule has 0 spiro atoms. The van der Waals surface area contributed by atoms with E-state index in [2.05, 4.69) is 0 Å². The van der Waals surface area contributed by atoms with Crippen molar-refractivity contribution >= 4 is 20.0 Å². The zero-order valence-electron chi connectivity index (χ0n) is 13.0. The van der Waals surface area contributed by atoms with Gasteiger partial charge in [0.15, 0.2) is 32.4 Å². The number of alkyl halides is 10. The SMILES string of the molecule is C[n+]1ccccc1.O=S(=O)([N-]S(=O)(=O)C(F)(F)C(F)(F)F)C(F)(F)C(F)(F)F. The molecule has 28 heavy (non-hydrogen) atoms. The van der Waals surface area contributed by atoms with Crippen LogP contribution in [0, 0.1) is 0 Å². The first-order valence-electron chi connectivity index (χ1n) is 6.13. The van der Waals surface area contributed by atoms with E-state index < -0.39 is 42.9 Å². The van der Waals surface area contributed by atoms with Crippen LogP contribution in [-0.4, -0.2) is 39.7 Å². The lowest BCUT2D eigenvalue weighted by molar-refractivity contribution is -0.671. The molecule has 18 heteroatoms. The van der Waals surface area contributed by atoms with Gasteiger partial charge in [0.2, 0.25) is 0 Å². The van der Waals surface area contributed by atoms with E-state index in [9.17, 15) is 60.7 Å². The second-order valence-electron chi connectivity index (χ2n) is 4.59. The van der Waals surface area contributed by atoms with Crippen LogP contribution in [0.5, 0.6) is 0 Å². The van der Waals surface area contributed by atoms with E-state index in [0.29, 0.717) is 4.13 Å². The summed E-state index contributed by atoms with van der Waals surface area (Å²) in [6.45, 7) is 0. The van der Waals surface area contributed by atoms with Gasteiger partial charge in [0.05, 0.1) is 0 Å². The van der Waals surface area contributed by atoms with Gasteiger partial charge in [0, 0.05) is 12.1 Å². The van der Waals surface area contributed by atoms with Crippen molar-refractivity contribution in [1.82, 2.24) is 0 Å². The number of hydrogen-bond donors (Lipinski definition) is 0. The smallest absolute Gasteiger partial charge is 0.425 e. The maximum Gasteiger partial charge on any atom is 0.467 e. The Balaban J connectivity index is 0.000000861. The standard InChI is InChI=1S/C6H8N.C4F10NO4S2/c1-7-5-3-2-4-6-7;5-1(6,7)3(11,12)20(16,17)15-21(18,19)4(13,14)2(8,9)10/h2-6H,1H3;/q+1;-1. The van der Waals surface area contributed by atoms with Crippen molar-refractivity contribution in [3.8, 4) is 0 Å². The number of halogens is 10. The highest BCUT2D eigenvalue weighted by molar-refractivity contribution is 8.13. The Morgan fingerprint density at radius 1 is 0.643 bits per heavy atom. The normalized spacial score (nSPS) is 14.2. The van der Waals surface area contributed by atoms with Gasteiger partial charge in [-0.2, -0.15) is 43.9 Å². The largest absolute Gasteiger partial charge is 0.467 e. The molecule has 164 valence electrons. The molecule has 6 nitrogen and oxygen atoms in total. The van der Waals surface area contributed by atoms with Crippen LogP contribution in [0.15, 0.2) is 30.6 Å². The van der Waals surface area contributed by atoms with E-state index in [4.69, 9.17) is 0 Å². The molecule has 0 saturated heterocycles. The average Bonchev–Trinajstić information content (AvgIpc) is 2.44. The van der Waals surface area contributed by atoms with Crippen LogP contribution in [-0.2, 0) is 27.1 Å². The minimum absolute atomic E-state index is 0.422. The third-order valence-corrected chi connectivity index (χ3v) is 5.70. The number of nitrogens with zero attached hydrogens (tertiary/aromatic N) is 2. The third kappa shape index (κ3) is 5.66. The van der Waals surface area contributed by atoms with Crippen molar-refractivity contribution in [2.45, 2.75) is 22.9 Å². The van der Waals surface area contributed by atoms with Crippen LogP contribution in [0.3, 0.4) is 0 Å². The number of rotatable bonds is 4. The highest BCUT2D eigenvalue weighted by atomic mass is 32.3. The van der Waals surface area contributed by atoms with Crippen molar-refractivity contribution in [1.29, 1.82) is 0 Å². The van der Waals surface area contributed by atoms with Gasteiger partial charge in [-0.1, -0.05) is 6.07 Å². The molecule has 1 aromatic heterocycles. The second kappa shape index (κ2) is 7.97. The highest BCUT2D eigenvalue weighted by Crippen LogP contribution is 2.47. The van der Waals surface area contributed by atoms with Gasteiger partial charge in [0.25, 0.3) is 0 Å². The minimum atomic E-state index is -7.62. The Labute approximate surface area is 150 Å². The Morgan fingerprint density at radius 3 is 1.11 bits per heavy atom. The molecule has 0 fully saturated rings.